The van der Waals surface area contributed by atoms with Gasteiger partial charge in [-0.2, -0.15) is 0 Å². The van der Waals surface area contributed by atoms with Gasteiger partial charge < -0.3 is 26.6 Å². The van der Waals surface area contributed by atoms with Crippen LogP contribution in [-0.2, 0) is 20.8 Å². The quantitative estimate of drug-likeness (QED) is 0.443. The number of nitrogens with one attached hydrogen (secondary N) is 3. The summed E-state index contributed by atoms with van der Waals surface area (Å²) in [5, 5.41) is 8.24. The maximum atomic E-state index is 13.1. The first-order chi connectivity index (χ1) is 15.1. The van der Waals surface area contributed by atoms with Crippen LogP contribution in [0.15, 0.2) is 42.0 Å². The van der Waals surface area contributed by atoms with Crippen molar-refractivity contribution in [2.45, 2.75) is 64.7 Å². The molecular weight excluding hydrogens is 410 g/mol. The summed E-state index contributed by atoms with van der Waals surface area (Å²) in [5.41, 5.74) is 7.17. The van der Waals surface area contributed by atoms with E-state index >= 15 is 0 Å². The molecule has 1 aromatic carbocycles. The largest absolute Gasteiger partial charge is 0.368 e. The van der Waals surface area contributed by atoms with Gasteiger partial charge in [-0.05, 0) is 39.7 Å². The molecule has 0 saturated carbocycles. The molecule has 0 aliphatic carbocycles. The van der Waals surface area contributed by atoms with Crippen LogP contribution in [0.4, 0.5) is 4.79 Å². The predicted molar refractivity (Wildman–Crippen MR) is 121 cm³/mol. The number of nitrogens with two attached hydrogens (primary N) is 1. The van der Waals surface area contributed by atoms with E-state index in [2.05, 4.69) is 16.0 Å². The second-order valence-electron chi connectivity index (χ2n) is 8.59. The van der Waals surface area contributed by atoms with Crippen LogP contribution in [0.3, 0.4) is 0 Å². The summed E-state index contributed by atoms with van der Waals surface area (Å²) in [6.07, 6.45) is 1.93. The Morgan fingerprint density at radius 3 is 2.34 bits per heavy atom. The van der Waals surface area contributed by atoms with Crippen LogP contribution in [-0.4, -0.2) is 59.4 Å². The van der Waals surface area contributed by atoms with Crippen molar-refractivity contribution in [1.82, 2.24) is 20.9 Å². The van der Waals surface area contributed by atoms with E-state index in [4.69, 9.17) is 5.73 Å². The van der Waals surface area contributed by atoms with E-state index in [1.165, 1.54) is 11.0 Å². The number of benzene rings is 1. The lowest BCUT2D eigenvalue weighted by atomic mass is 10.0. The monoisotopic (exact) mass is 443 g/mol. The second kappa shape index (κ2) is 11.3. The zero-order valence-corrected chi connectivity index (χ0v) is 19.1. The fraction of sp³-hybridized carbons (Fsp3) is 0.478. The first-order valence-electron chi connectivity index (χ1n) is 10.7. The predicted octanol–water partition coefficient (Wildman–Crippen LogP) is 0.843. The lowest BCUT2D eigenvalue weighted by Gasteiger charge is -2.25. The smallest absolute Gasteiger partial charge is 0.315 e. The minimum absolute atomic E-state index is 0.0479. The molecule has 9 nitrogen and oxygen atoms in total. The van der Waals surface area contributed by atoms with Gasteiger partial charge in [-0.25, -0.2) is 4.79 Å². The molecule has 2 rings (SSSR count). The molecule has 3 atom stereocenters. The lowest BCUT2D eigenvalue weighted by Crippen LogP contribution is -2.52. The Morgan fingerprint density at radius 2 is 1.78 bits per heavy atom. The molecule has 0 aromatic heterocycles. The zero-order chi connectivity index (χ0) is 23.8. The number of allylic oxidation sites excluding steroid dienone is 1. The van der Waals surface area contributed by atoms with Gasteiger partial charge in [0, 0.05) is 25.1 Å². The van der Waals surface area contributed by atoms with Crippen LogP contribution in [0.5, 0.6) is 0 Å². The van der Waals surface area contributed by atoms with Crippen LogP contribution in [0.2, 0.25) is 0 Å². The molecule has 1 saturated heterocycles. The van der Waals surface area contributed by atoms with E-state index in [0.29, 0.717) is 0 Å². The summed E-state index contributed by atoms with van der Waals surface area (Å²) in [6.45, 7) is 7.44. The van der Waals surface area contributed by atoms with Gasteiger partial charge in [0.05, 0.1) is 6.04 Å². The number of rotatable bonds is 8. The molecular formula is C23H33N5O4. The summed E-state index contributed by atoms with van der Waals surface area (Å²) < 4.78 is 0. The maximum absolute atomic E-state index is 13.1. The Morgan fingerprint density at radius 1 is 1.12 bits per heavy atom. The van der Waals surface area contributed by atoms with E-state index in [1.807, 2.05) is 44.2 Å². The third-order valence-electron chi connectivity index (χ3n) is 5.00. The van der Waals surface area contributed by atoms with E-state index in [-0.39, 0.29) is 37.4 Å². The molecule has 1 aliphatic heterocycles. The number of nitrogens with zero attached hydrogens (tertiary/aromatic N) is 1. The van der Waals surface area contributed by atoms with Gasteiger partial charge in [0.1, 0.15) is 12.1 Å². The highest BCUT2D eigenvalue weighted by atomic mass is 16.2. The SMILES string of the molecule is CC(C)=CC(=O)N1C[C@@H](NC(=O)NC(C)C)C[C@H]1C(=O)N[C@H](Cc1ccccc1)C(N)=O. The standard InChI is InChI=1S/C23H33N5O4/c1-14(2)10-20(29)28-13-17(26-23(32)25-15(3)4)12-19(28)22(31)27-18(21(24)30)11-16-8-6-5-7-9-16/h5-10,15,17-19H,11-13H2,1-4H3,(H2,24,30)(H,27,31)(H2,25,26,32)/t17-,18+,19-/m0/s1. The van der Waals surface area contributed by atoms with Crippen LogP contribution in [0, 0.1) is 0 Å². The van der Waals surface area contributed by atoms with E-state index < -0.39 is 29.9 Å². The Kier molecular flexibility index (Phi) is 8.80. The molecule has 0 unspecified atom stereocenters. The summed E-state index contributed by atoms with van der Waals surface area (Å²) in [5.74, 6) is -1.46. The number of hydrogen-bond acceptors (Lipinski definition) is 4. The van der Waals surface area contributed by atoms with Gasteiger partial charge in [0.2, 0.25) is 17.7 Å². The van der Waals surface area contributed by atoms with E-state index in [0.717, 1.165) is 11.1 Å². The third kappa shape index (κ3) is 7.40. The summed E-state index contributed by atoms with van der Waals surface area (Å²) >= 11 is 0. The molecule has 0 radical (unpaired) electrons. The number of likely N-dealkylation sites (tertiary alicyclic amines) is 1. The number of hydrogen-bond donors (Lipinski definition) is 4. The van der Waals surface area contributed by atoms with Crippen LogP contribution >= 0.6 is 0 Å². The highest BCUT2D eigenvalue weighted by Crippen LogP contribution is 2.20. The van der Waals surface area contributed by atoms with Gasteiger partial charge >= 0.3 is 6.03 Å². The number of carbonyl (C=O) groups is 4. The fourth-order valence-corrected chi connectivity index (χ4v) is 3.59. The van der Waals surface area contributed by atoms with Crippen LogP contribution in [0.1, 0.15) is 39.7 Å². The van der Waals surface area contributed by atoms with Crippen molar-refractivity contribution in [1.29, 1.82) is 0 Å². The molecule has 1 heterocycles. The van der Waals surface area contributed by atoms with E-state index in [9.17, 15) is 19.2 Å². The molecule has 32 heavy (non-hydrogen) atoms. The minimum Gasteiger partial charge on any atom is -0.368 e. The zero-order valence-electron chi connectivity index (χ0n) is 19.1. The van der Waals surface area contributed by atoms with Crippen molar-refractivity contribution in [2.24, 2.45) is 5.73 Å². The summed E-state index contributed by atoms with van der Waals surface area (Å²) in [6, 6.07) is 6.66. The molecule has 5 amide bonds. The number of amides is 5. The van der Waals surface area contributed by atoms with E-state index in [1.54, 1.807) is 13.8 Å². The summed E-state index contributed by atoms with van der Waals surface area (Å²) in [7, 11) is 0. The molecule has 1 fully saturated rings. The molecule has 174 valence electrons. The topological polar surface area (TPSA) is 134 Å². The van der Waals surface area contributed by atoms with Crippen molar-refractivity contribution in [2.75, 3.05) is 6.54 Å². The molecule has 9 heteroatoms. The van der Waals surface area contributed by atoms with Gasteiger partial charge in [-0.15, -0.1) is 0 Å². The van der Waals surface area contributed by atoms with Crippen LogP contribution < -0.4 is 21.7 Å². The number of primary amides is 1. The molecule has 1 aliphatic rings. The van der Waals surface area contributed by atoms with Crippen molar-refractivity contribution < 1.29 is 19.2 Å². The van der Waals surface area contributed by atoms with Crippen molar-refractivity contribution >= 4 is 23.8 Å². The normalized spacial score (nSPS) is 18.6. The van der Waals surface area contributed by atoms with Gasteiger partial charge in [-0.1, -0.05) is 35.9 Å². The Balaban J connectivity index is 2.15. The summed E-state index contributed by atoms with van der Waals surface area (Å²) in [4.78, 5) is 51.3. The average Bonchev–Trinajstić information content (AvgIpc) is 3.11. The highest BCUT2D eigenvalue weighted by Gasteiger charge is 2.40. The number of urea groups is 1. The first-order valence-corrected chi connectivity index (χ1v) is 10.7. The third-order valence-corrected chi connectivity index (χ3v) is 5.00. The van der Waals surface area contributed by atoms with Crippen molar-refractivity contribution in [3.05, 3.63) is 47.5 Å². The Labute approximate surface area is 188 Å². The second-order valence-corrected chi connectivity index (χ2v) is 8.59. The molecule has 1 aromatic rings. The highest BCUT2D eigenvalue weighted by molar-refractivity contribution is 5.95. The Hall–Kier alpha value is -3.36. The molecule has 0 bridgehead atoms. The average molecular weight is 444 g/mol. The van der Waals surface area contributed by atoms with Gasteiger partial charge in [-0.3, -0.25) is 14.4 Å². The Bertz CT molecular complexity index is 864. The van der Waals surface area contributed by atoms with Crippen molar-refractivity contribution in [3.8, 4) is 0 Å². The van der Waals surface area contributed by atoms with Gasteiger partial charge in [0.15, 0.2) is 0 Å². The molecule has 5 N–H and O–H groups in total. The number of carbonyl (C=O) groups excluding carboxylic acids is 4. The van der Waals surface area contributed by atoms with Crippen molar-refractivity contribution in [3.63, 3.8) is 0 Å². The fourth-order valence-electron chi connectivity index (χ4n) is 3.59. The maximum Gasteiger partial charge on any atom is 0.315 e. The first kappa shape index (κ1) is 24.9. The van der Waals surface area contributed by atoms with Crippen LogP contribution in [0.25, 0.3) is 0 Å². The minimum atomic E-state index is -0.915. The molecule has 0 spiro atoms. The lowest BCUT2D eigenvalue weighted by molar-refractivity contribution is -0.136. The van der Waals surface area contributed by atoms with Gasteiger partial charge in [0.25, 0.3) is 0 Å².